The number of nitrogen functional groups attached to an aromatic ring is 1. The Kier molecular flexibility index (Phi) is 3.98. The van der Waals surface area contributed by atoms with Crippen molar-refractivity contribution >= 4 is 23.2 Å². The van der Waals surface area contributed by atoms with Gasteiger partial charge in [0.15, 0.2) is 0 Å². The zero-order valence-electron chi connectivity index (χ0n) is 13.5. The smallest absolute Gasteiger partial charge is 0.255 e. The van der Waals surface area contributed by atoms with Crippen LogP contribution in [-0.2, 0) is 13.0 Å². The van der Waals surface area contributed by atoms with E-state index < -0.39 is 0 Å². The molecule has 0 unspecified atom stereocenters. The van der Waals surface area contributed by atoms with Crippen LogP contribution >= 0.6 is 11.6 Å². The highest BCUT2D eigenvalue weighted by Gasteiger charge is 2.26. The standard InChI is InChI=1S/C20H17ClN2O2/c21-17-4-2-1-3-16(17)20(24)23-10-9-18-14(12-23)11-19(25-18)13-5-7-15(22)8-6-13/h1-8,11H,9-10,12,22H2. The van der Waals surface area contributed by atoms with E-state index in [0.717, 1.165) is 28.3 Å². The molecule has 0 aliphatic carbocycles. The predicted octanol–water partition coefficient (Wildman–Crippen LogP) is 4.38. The minimum atomic E-state index is -0.0496. The maximum Gasteiger partial charge on any atom is 0.255 e. The van der Waals surface area contributed by atoms with Gasteiger partial charge in [0.1, 0.15) is 11.5 Å². The first kappa shape index (κ1) is 15.8. The summed E-state index contributed by atoms with van der Waals surface area (Å²) >= 11 is 6.16. The molecule has 1 amide bonds. The summed E-state index contributed by atoms with van der Waals surface area (Å²) in [5.74, 6) is 1.69. The average molecular weight is 353 g/mol. The van der Waals surface area contributed by atoms with Crippen LogP contribution in [0, 0.1) is 0 Å². The van der Waals surface area contributed by atoms with Crippen molar-refractivity contribution in [3.05, 3.63) is 76.5 Å². The first-order valence-electron chi connectivity index (χ1n) is 8.13. The van der Waals surface area contributed by atoms with Crippen molar-refractivity contribution < 1.29 is 9.21 Å². The summed E-state index contributed by atoms with van der Waals surface area (Å²) in [5, 5.41) is 0.480. The zero-order valence-corrected chi connectivity index (χ0v) is 14.3. The second-order valence-electron chi connectivity index (χ2n) is 6.14. The first-order chi connectivity index (χ1) is 12.1. The second-order valence-corrected chi connectivity index (χ2v) is 6.54. The highest BCUT2D eigenvalue weighted by Crippen LogP contribution is 2.31. The minimum Gasteiger partial charge on any atom is -0.461 e. The Morgan fingerprint density at radius 1 is 1.12 bits per heavy atom. The molecule has 0 radical (unpaired) electrons. The molecule has 2 N–H and O–H groups in total. The maximum atomic E-state index is 12.7. The summed E-state index contributed by atoms with van der Waals surface area (Å²) in [4.78, 5) is 14.6. The summed E-state index contributed by atoms with van der Waals surface area (Å²) in [7, 11) is 0. The van der Waals surface area contributed by atoms with E-state index in [0.29, 0.717) is 30.1 Å². The van der Waals surface area contributed by atoms with E-state index in [-0.39, 0.29) is 5.91 Å². The topological polar surface area (TPSA) is 59.5 Å². The van der Waals surface area contributed by atoms with E-state index in [2.05, 4.69) is 0 Å². The number of nitrogens with two attached hydrogens (primary N) is 1. The van der Waals surface area contributed by atoms with Crippen LogP contribution in [0.1, 0.15) is 21.7 Å². The van der Waals surface area contributed by atoms with Crippen LogP contribution in [0.4, 0.5) is 5.69 Å². The number of carbonyl (C=O) groups excluding carboxylic acids is 1. The fourth-order valence-electron chi connectivity index (χ4n) is 3.10. The lowest BCUT2D eigenvalue weighted by molar-refractivity contribution is 0.0730. The molecule has 0 fully saturated rings. The number of nitrogens with zero attached hydrogens (tertiary/aromatic N) is 1. The molecule has 1 aromatic heterocycles. The van der Waals surface area contributed by atoms with Gasteiger partial charge in [0.05, 0.1) is 10.6 Å². The molecule has 126 valence electrons. The van der Waals surface area contributed by atoms with E-state index in [1.165, 1.54) is 0 Å². The maximum absolute atomic E-state index is 12.7. The summed E-state index contributed by atoms with van der Waals surface area (Å²) in [6.07, 6.45) is 0.695. The summed E-state index contributed by atoms with van der Waals surface area (Å²) in [6.45, 7) is 1.14. The number of amides is 1. The van der Waals surface area contributed by atoms with Crippen molar-refractivity contribution in [2.75, 3.05) is 12.3 Å². The lowest BCUT2D eigenvalue weighted by Gasteiger charge is -2.26. The van der Waals surface area contributed by atoms with E-state index in [4.69, 9.17) is 21.8 Å². The Hall–Kier alpha value is -2.72. The molecule has 2 heterocycles. The van der Waals surface area contributed by atoms with Gasteiger partial charge >= 0.3 is 0 Å². The molecule has 0 spiro atoms. The van der Waals surface area contributed by atoms with Gasteiger partial charge in [-0.15, -0.1) is 0 Å². The third-order valence-electron chi connectivity index (χ3n) is 4.45. The number of rotatable bonds is 2. The highest BCUT2D eigenvalue weighted by atomic mass is 35.5. The van der Waals surface area contributed by atoms with Crippen LogP contribution in [0.3, 0.4) is 0 Å². The molecule has 25 heavy (non-hydrogen) atoms. The number of anilines is 1. The number of benzene rings is 2. The zero-order chi connectivity index (χ0) is 17.4. The highest BCUT2D eigenvalue weighted by molar-refractivity contribution is 6.33. The molecule has 0 bridgehead atoms. The van der Waals surface area contributed by atoms with Gasteiger partial charge in [-0.2, -0.15) is 0 Å². The van der Waals surface area contributed by atoms with Gasteiger partial charge in [0.25, 0.3) is 5.91 Å². The molecular formula is C20H17ClN2O2. The number of hydrogen-bond acceptors (Lipinski definition) is 3. The quantitative estimate of drug-likeness (QED) is 0.696. The summed E-state index contributed by atoms with van der Waals surface area (Å²) in [6, 6.07) is 16.7. The number of fused-ring (bicyclic) bond motifs is 1. The lowest BCUT2D eigenvalue weighted by atomic mass is 10.1. The number of hydrogen-bond donors (Lipinski definition) is 1. The molecule has 4 rings (SSSR count). The van der Waals surface area contributed by atoms with Crippen molar-refractivity contribution in [1.82, 2.24) is 4.90 Å². The molecule has 2 aromatic carbocycles. The third-order valence-corrected chi connectivity index (χ3v) is 4.78. The monoisotopic (exact) mass is 352 g/mol. The molecule has 0 saturated heterocycles. The predicted molar refractivity (Wildman–Crippen MR) is 98.5 cm³/mol. The van der Waals surface area contributed by atoms with Crippen LogP contribution in [0.2, 0.25) is 5.02 Å². The molecule has 4 nitrogen and oxygen atoms in total. The average Bonchev–Trinajstić information content (AvgIpc) is 3.05. The Labute approximate surface area is 150 Å². The van der Waals surface area contributed by atoms with Crippen LogP contribution in [0.5, 0.6) is 0 Å². The SMILES string of the molecule is Nc1ccc(-c2cc3c(o2)CCN(C(=O)c2ccccc2Cl)C3)cc1. The van der Waals surface area contributed by atoms with Crippen LogP contribution in [-0.4, -0.2) is 17.4 Å². The van der Waals surface area contributed by atoms with Crippen molar-refractivity contribution in [2.24, 2.45) is 0 Å². The van der Waals surface area contributed by atoms with E-state index >= 15 is 0 Å². The van der Waals surface area contributed by atoms with E-state index in [1.807, 2.05) is 47.4 Å². The normalized spacial score (nSPS) is 13.6. The Balaban J connectivity index is 1.58. The fourth-order valence-corrected chi connectivity index (χ4v) is 3.32. The number of carbonyl (C=O) groups is 1. The van der Waals surface area contributed by atoms with Gasteiger partial charge in [-0.05, 0) is 42.5 Å². The van der Waals surface area contributed by atoms with Gasteiger partial charge < -0.3 is 15.1 Å². The van der Waals surface area contributed by atoms with Gasteiger partial charge in [-0.1, -0.05) is 23.7 Å². The van der Waals surface area contributed by atoms with Crippen molar-refractivity contribution in [2.45, 2.75) is 13.0 Å². The van der Waals surface area contributed by atoms with Gasteiger partial charge in [-0.3, -0.25) is 4.79 Å². The van der Waals surface area contributed by atoms with E-state index in [1.54, 1.807) is 12.1 Å². The molecule has 0 saturated carbocycles. The molecule has 3 aromatic rings. The van der Waals surface area contributed by atoms with Gasteiger partial charge in [-0.25, -0.2) is 0 Å². The Morgan fingerprint density at radius 3 is 2.64 bits per heavy atom. The molecule has 1 aliphatic heterocycles. The number of furan rings is 1. The fraction of sp³-hybridized carbons (Fsp3) is 0.150. The third kappa shape index (κ3) is 3.01. The van der Waals surface area contributed by atoms with Crippen LogP contribution in [0.15, 0.2) is 59.0 Å². The molecule has 1 aliphatic rings. The Bertz CT molecular complexity index is 931. The molecular weight excluding hydrogens is 336 g/mol. The molecule has 0 atom stereocenters. The summed E-state index contributed by atoms with van der Waals surface area (Å²) < 4.78 is 5.98. The largest absolute Gasteiger partial charge is 0.461 e. The summed E-state index contributed by atoms with van der Waals surface area (Å²) in [5.41, 5.74) is 9.01. The van der Waals surface area contributed by atoms with Crippen molar-refractivity contribution in [3.63, 3.8) is 0 Å². The van der Waals surface area contributed by atoms with Crippen LogP contribution in [0.25, 0.3) is 11.3 Å². The lowest BCUT2D eigenvalue weighted by Crippen LogP contribution is -2.35. The van der Waals surface area contributed by atoms with Gasteiger partial charge in [0, 0.05) is 36.3 Å². The van der Waals surface area contributed by atoms with E-state index in [9.17, 15) is 4.79 Å². The molecule has 5 heteroatoms. The van der Waals surface area contributed by atoms with Gasteiger partial charge in [0.2, 0.25) is 0 Å². The van der Waals surface area contributed by atoms with Crippen LogP contribution < -0.4 is 5.73 Å². The Morgan fingerprint density at radius 2 is 1.88 bits per heavy atom. The first-order valence-corrected chi connectivity index (χ1v) is 8.51. The van der Waals surface area contributed by atoms with Crippen molar-refractivity contribution in [3.8, 4) is 11.3 Å². The van der Waals surface area contributed by atoms with Crippen molar-refractivity contribution in [1.29, 1.82) is 0 Å². The number of halogens is 1. The second kappa shape index (κ2) is 6.30. The minimum absolute atomic E-state index is 0.0496.